The third kappa shape index (κ3) is 2.58. The van der Waals surface area contributed by atoms with Gasteiger partial charge in [0.15, 0.2) is 5.65 Å². The van der Waals surface area contributed by atoms with Crippen LogP contribution in [0.5, 0.6) is 0 Å². The zero-order valence-corrected chi connectivity index (χ0v) is 15.5. The smallest absolute Gasteiger partial charge is 0.162 e. The van der Waals surface area contributed by atoms with Gasteiger partial charge in [-0.1, -0.05) is 17.7 Å². The summed E-state index contributed by atoms with van der Waals surface area (Å²) in [6, 6.07) is 12.2. The molecule has 0 amide bonds. The Labute approximate surface area is 158 Å². The van der Waals surface area contributed by atoms with E-state index in [0.717, 1.165) is 33.2 Å². The van der Waals surface area contributed by atoms with Crippen molar-refractivity contribution in [2.45, 2.75) is 13.5 Å². The van der Waals surface area contributed by atoms with Gasteiger partial charge < -0.3 is 9.55 Å². The molecule has 0 bridgehead atoms. The van der Waals surface area contributed by atoms with Crippen LogP contribution in [0.1, 0.15) is 11.4 Å². The van der Waals surface area contributed by atoms with E-state index in [1.165, 1.54) is 10.9 Å². The number of thiazole rings is 1. The van der Waals surface area contributed by atoms with Crippen LogP contribution in [-0.2, 0) is 6.54 Å². The number of aromatic nitrogens is 5. The molecule has 1 N–H and O–H groups in total. The number of rotatable bonds is 3. The largest absolute Gasteiger partial charge is 0.353 e. The van der Waals surface area contributed by atoms with Crippen LogP contribution in [0.2, 0.25) is 5.15 Å². The van der Waals surface area contributed by atoms with Gasteiger partial charge in [0, 0.05) is 22.5 Å². The van der Waals surface area contributed by atoms with Crippen LogP contribution in [0, 0.1) is 6.92 Å². The summed E-state index contributed by atoms with van der Waals surface area (Å²) >= 11 is 7.70. The van der Waals surface area contributed by atoms with Crippen LogP contribution in [0.4, 0.5) is 0 Å². The second-order valence-electron chi connectivity index (χ2n) is 6.16. The number of nitrogens with one attached hydrogen (secondary N) is 1. The number of hydrogen-bond donors (Lipinski definition) is 1. The molecule has 0 atom stereocenters. The number of H-pyrrole nitrogens is 1. The van der Waals surface area contributed by atoms with Gasteiger partial charge in [-0.15, -0.1) is 11.3 Å². The zero-order chi connectivity index (χ0) is 17.7. The molecule has 0 aliphatic carbocycles. The third-order valence-electron chi connectivity index (χ3n) is 4.44. The van der Waals surface area contributed by atoms with Crippen molar-refractivity contribution in [2.75, 3.05) is 0 Å². The number of nitrogens with zero attached hydrogens (tertiary/aromatic N) is 4. The number of benzene rings is 1. The molecule has 0 aliphatic rings. The van der Waals surface area contributed by atoms with E-state index in [2.05, 4.69) is 48.8 Å². The maximum Gasteiger partial charge on any atom is 0.162 e. The Bertz CT molecular complexity index is 1240. The van der Waals surface area contributed by atoms with E-state index in [9.17, 15) is 0 Å². The Hall–Kier alpha value is -2.70. The molecular weight excluding hydrogens is 366 g/mol. The van der Waals surface area contributed by atoms with E-state index in [1.54, 1.807) is 17.4 Å². The molecular formula is C19H14ClN5S. The first-order valence-electron chi connectivity index (χ1n) is 8.18. The van der Waals surface area contributed by atoms with E-state index < -0.39 is 0 Å². The molecule has 4 aromatic heterocycles. The molecule has 5 nitrogen and oxygen atoms in total. The molecule has 128 valence electrons. The molecule has 0 fully saturated rings. The quantitative estimate of drug-likeness (QED) is 0.446. The maximum absolute atomic E-state index is 6.07. The van der Waals surface area contributed by atoms with Crippen molar-refractivity contribution in [3.05, 3.63) is 64.5 Å². The Morgan fingerprint density at radius 3 is 2.92 bits per heavy atom. The second kappa shape index (κ2) is 5.93. The summed E-state index contributed by atoms with van der Waals surface area (Å²) in [7, 11) is 0. The van der Waals surface area contributed by atoms with Crippen molar-refractivity contribution >= 4 is 45.0 Å². The van der Waals surface area contributed by atoms with Crippen molar-refractivity contribution in [1.82, 2.24) is 24.5 Å². The Morgan fingerprint density at radius 1 is 1.15 bits per heavy atom. The van der Waals surface area contributed by atoms with Crippen LogP contribution < -0.4 is 0 Å². The average molecular weight is 380 g/mol. The molecule has 1 aromatic carbocycles. The summed E-state index contributed by atoms with van der Waals surface area (Å²) in [5.74, 6) is 0.924. The summed E-state index contributed by atoms with van der Waals surface area (Å²) in [6.45, 7) is 2.69. The second-order valence-corrected chi connectivity index (χ2v) is 7.45. The van der Waals surface area contributed by atoms with Gasteiger partial charge in [0.05, 0.1) is 12.2 Å². The normalized spacial score (nSPS) is 11.6. The highest BCUT2D eigenvalue weighted by Gasteiger charge is 2.11. The number of hydrogen-bond acceptors (Lipinski definition) is 4. The maximum atomic E-state index is 6.07. The number of halogens is 1. The van der Waals surface area contributed by atoms with Crippen molar-refractivity contribution in [3.63, 3.8) is 0 Å². The minimum Gasteiger partial charge on any atom is -0.353 e. The molecule has 0 radical (unpaired) electrons. The Kier molecular flexibility index (Phi) is 3.55. The molecule has 5 rings (SSSR count). The standard InChI is InChI=1S/C19H14ClN5S/c1-11-22-15-4-5-17(20)24-18(15)25(11)10-12-2-3-14-13(8-12)9-16(23-14)19-21-6-7-26-19/h2-9,23H,10H2,1H3. The van der Waals surface area contributed by atoms with E-state index >= 15 is 0 Å². The zero-order valence-electron chi connectivity index (χ0n) is 13.9. The van der Waals surface area contributed by atoms with E-state index in [1.807, 2.05) is 24.6 Å². The molecule has 0 unspecified atom stereocenters. The van der Waals surface area contributed by atoms with Crippen LogP contribution in [0.25, 0.3) is 32.8 Å². The number of imidazole rings is 1. The fourth-order valence-corrected chi connectivity index (χ4v) is 3.97. The number of aryl methyl sites for hydroxylation is 1. The first-order valence-corrected chi connectivity index (χ1v) is 9.44. The lowest BCUT2D eigenvalue weighted by atomic mass is 10.1. The molecule has 26 heavy (non-hydrogen) atoms. The third-order valence-corrected chi connectivity index (χ3v) is 5.45. The Morgan fingerprint density at radius 2 is 2.08 bits per heavy atom. The van der Waals surface area contributed by atoms with Crippen molar-refractivity contribution in [1.29, 1.82) is 0 Å². The van der Waals surface area contributed by atoms with Crippen molar-refractivity contribution in [3.8, 4) is 10.7 Å². The molecule has 4 heterocycles. The highest BCUT2D eigenvalue weighted by atomic mass is 35.5. The fraction of sp³-hybridized carbons (Fsp3) is 0.105. The fourth-order valence-electron chi connectivity index (χ4n) is 3.22. The molecule has 5 aromatic rings. The summed E-state index contributed by atoms with van der Waals surface area (Å²) in [6.07, 6.45) is 1.82. The SMILES string of the molecule is Cc1nc2ccc(Cl)nc2n1Cc1ccc2[nH]c(-c3nccs3)cc2c1. The van der Waals surface area contributed by atoms with Crippen LogP contribution >= 0.6 is 22.9 Å². The van der Waals surface area contributed by atoms with Crippen molar-refractivity contribution < 1.29 is 0 Å². The molecule has 0 aliphatic heterocycles. The first-order chi connectivity index (χ1) is 12.7. The highest BCUT2D eigenvalue weighted by Crippen LogP contribution is 2.27. The van der Waals surface area contributed by atoms with Gasteiger partial charge in [0.1, 0.15) is 21.5 Å². The van der Waals surface area contributed by atoms with Crippen LogP contribution in [0.15, 0.2) is 48.0 Å². The number of aromatic amines is 1. The van der Waals surface area contributed by atoms with Gasteiger partial charge in [-0.2, -0.15) is 0 Å². The molecule has 0 spiro atoms. The van der Waals surface area contributed by atoms with Gasteiger partial charge in [-0.3, -0.25) is 0 Å². The summed E-state index contributed by atoms with van der Waals surface area (Å²) in [5.41, 5.74) is 5.01. The van der Waals surface area contributed by atoms with Gasteiger partial charge in [0.2, 0.25) is 0 Å². The monoisotopic (exact) mass is 379 g/mol. The summed E-state index contributed by atoms with van der Waals surface area (Å²) < 4.78 is 2.09. The lowest BCUT2D eigenvalue weighted by Crippen LogP contribution is -2.03. The summed E-state index contributed by atoms with van der Waals surface area (Å²) in [4.78, 5) is 16.8. The van der Waals surface area contributed by atoms with Crippen molar-refractivity contribution in [2.24, 2.45) is 0 Å². The van der Waals surface area contributed by atoms with E-state index in [-0.39, 0.29) is 0 Å². The molecule has 0 saturated heterocycles. The van der Waals surface area contributed by atoms with Crippen LogP contribution in [-0.4, -0.2) is 24.5 Å². The predicted octanol–water partition coefficient (Wildman–Crippen LogP) is 5.05. The summed E-state index contributed by atoms with van der Waals surface area (Å²) in [5, 5.41) is 4.63. The lowest BCUT2D eigenvalue weighted by molar-refractivity contribution is 0.778. The minimum atomic E-state index is 0.479. The number of pyridine rings is 1. The predicted molar refractivity (Wildman–Crippen MR) is 106 cm³/mol. The topological polar surface area (TPSA) is 59.4 Å². The minimum absolute atomic E-state index is 0.479. The van der Waals surface area contributed by atoms with E-state index in [0.29, 0.717) is 11.7 Å². The Balaban J connectivity index is 1.56. The van der Waals surface area contributed by atoms with Crippen LogP contribution in [0.3, 0.4) is 0 Å². The first kappa shape index (κ1) is 15.5. The van der Waals surface area contributed by atoms with E-state index in [4.69, 9.17) is 11.6 Å². The molecule has 0 saturated carbocycles. The van der Waals surface area contributed by atoms with Gasteiger partial charge in [0.25, 0.3) is 0 Å². The van der Waals surface area contributed by atoms with Gasteiger partial charge >= 0.3 is 0 Å². The highest BCUT2D eigenvalue weighted by molar-refractivity contribution is 7.13. The lowest BCUT2D eigenvalue weighted by Gasteiger charge is -2.07. The average Bonchev–Trinajstić information content (AvgIpc) is 3.34. The molecule has 7 heteroatoms. The van der Waals surface area contributed by atoms with Gasteiger partial charge in [-0.05, 0) is 42.8 Å². The number of fused-ring (bicyclic) bond motifs is 2. The van der Waals surface area contributed by atoms with Gasteiger partial charge in [-0.25, -0.2) is 15.0 Å².